The first kappa shape index (κ1) is 77.4. The van der Waals surface area contributed by atoms with Gasteiger partial charge >= 0.3 is 0 Å². The second kappa shape index (κ2) is 33.0. The molecule has 0 unspecified atom stereocenters. The fourth-order valence-electron chi connectivity index (χ4n) is 23.3. The van der Waals surface area contributed by atoms with Crippen LogP contribution in [0.5, 0.6) is 0 Å². The van der Waals surface area contributed by atoms with E-state index in [0.717, 1.165) is 157 Å². The monoisotopic (exact) mass is 1550 g/mol. The molecule has 13 aromatic rings. The molecule has 0 N–H and O–H groups in total. The molecule has 6 heteroatoms. The SMILES string of the molecule is CCCCCCCCCC(CCCCCCCCC)N1C(=O)c2ccc3c4c(-c5ccc6c(c5)C5(c7ccccc7-c7ccccc75)c5ccccc5-6)cc5c6c(ccc(c7c(-c8ccc9c(c8)C8(c%10ccccc%10-c%10ccccc%108)c8ccccc8-9)cc(c2c37)C1=O)c64)C(=O)N(C(CCCCCCCCC)CCCCCCCCC)C5=O. The van der Waals surface area contributed by atoms with Crippen molar-refractivity contribution in [3.05, 3.63) is 285 Å². The van der Waals surface area contributed by atoms with Crippen molar-refractivity contribution in [2.45, 2.75) is 256 Å². The first-order chi connectivity index (χ1) is 58.2. The number of fused-ring (bicyclic) bond motifs is 22. The molecule has 0 atom stereocenters. The molecule has 6 nitrogen and oxygen atoms in total. The summed E-state index contributed by atoms with van der Waals surface area (Å²) in [6, 6.07) is 80.4. The van der Waals surface area contributed by atoms with E-state index in [-0.39, 0.29) is 35.7 Å². The molecule has 0 saturated carbocycles. The number of nitrogens with zero attached hydrogens (tertiary/aromatic N) is 2. The first-order valence-corrected chi connectivity index (χ1v) is 46.1. The summed E-state index contributed by atoms with van der Waals surface area (Å²) in [6.07, 6.45) is 35.2. The maximum Gasteiger partial charge on any atom is 0.261 e. The third-order valence-corrected chi connectivity index (χ3v) is 28.8. The molecule has 0 aromatic heterocycles. The number of unbranched alkanes of at least 4 members (excludes halogenated alkanes) is 24. The Morgan fingerprint density at radius 1 is 0.212 bits per heavy atom. The van der Waals surface area contributed by atoms with Gasteiger partial charge in [-0.1, -0.05) is 389 Å². The molecule has 596 valence electrons. The molecule has 4 amide bonds. The van der Waals surface area contributed by atoms with Crippen LogP contribution in [0.4, 0.5) is 0 Å². The van der Waals surface area contributed by atoms with Crippen molar-refractivity contribution in [2.75, 3.05) is 0 Å². The highest BCUT2D eigenvalue weighted by atomic mass is 16.2. The van der Waals surface area contributed by atoms with Crippen LogP contribution in [0.3, 0.4) is 0 Å². The number of benzene rings is 13. The van der Waals surface area contributed by atoms with Crippen molar-refractivity contribution >= 4 is 66.7 Å². The van der Waals surface area contributed by atoms with E-state index in [1.165, 1.54) is 192 Å². The highest BCUT2D eigenvalue weighted by molar-refractivity contribution is 6.44. The standard InChI is InChI=1S/C112H114N2O4/c1-5-9-13-17-21-25-29-45-75(46-30-26-22-18-14-10-6-2)113-107(115)87-67-65-85-102-90(74-62-64-84-82-54-38-44-60-98(82)112(100(84)70-74)95-57-41-35-51-79(95)80-52-36-42-58-96(80)112)72-92-104-88(108(116)114(110(92)118)76(47-31-27-23-19-15-11-7-3)48-32-28-24-20-16-12-8-4)68-66-86(106(102)104)101-89(71-91(109(113)117)103(87)105(85)101)73-61-63-83-81-53-37-43-59-97(81)111(99(83)69-73)93-55-39-33-49-77(93)78-50-34-40-56-94(78)111/h33-44,49-72,75-76H,5-32,45-48H2,1-4H3. The summed E-state index contributed by atoms with van der Waals surface area (Å²) in [5, 5.41) is 6.67. The summed E-state index contributed by atoms with van der Waals surface area (Å²) in [7, 11) is 0. The Morgan fingerprint density at radius 3 is 0.729 bits per heavy atom. The van der Waals surface area contributed by atoms with Gasteiger partial charge in [-0.05, 0) is 206 Å². The van der Waals surface area contributed by atoms with Crippen LogP contribution in [0.2, 0.25) is 0 Å². The summed E-state index contributed by atoms with van der Waals surface area (Å²) in [5.74, 6) is -0.884. The lowest BCUT2D eigenvalue weighted by Crippen LogP contribution is -2.47. The summed E-state index contributed by atoms with van der Waals surface area (Å²) in [5.41, 5.74) is 24.1. The molecule has 0 bridgehead atoms. The second-order valence-electron chi connectivity index (χ2n) is 35.7. The van der Waals surface area contributed by atoms with Crippen LogP contribution in [0.25, 0.3) is 110 Å². The minimum Gasteiger partial charge on any atom is -0.271 e. The molecular formula is C112H114N2O4. The Hall–Kier alpha value is -10.6. The average molecular weight is 1550 g/mol. The lowest BCUT2D eigenvalue weighted by atomic mass is 9.70. The topological polar surface area (TPSA) is 74.8 Å². The maximum absolute atomic E-state index is 17.0. The van der Waals surface area contributed by atoms with Crippen molar-refractivity contribution in [3.63, 3.8) is 0 Å². The van der Waals surface area contributed by atoms with Gasteiger partial charge in [0.1, 0.15) is 0 Å². The van der Waals surface area contributed by atoms with Gasteiger partial charge in [-0.2, -0.15) is 0 Å². The molecule has 2 heterocycles. The lowest BCUT2D eigenvalue weighted by molar-refractivity contribution is 0.0501. The third kappa shape index (κ3) is 12.5. The van der Waals surface area contributed by atoms with Crippen molar-refractivity contribution in [1.29, 1.82) is 0 Å². The third-order valence-electron chi connectivity index (χ3n) is 28.8. The number of carbonyl (C=O) groups excluding carboxylic acids is 4. The number of rotatable bonds is 36. The Kier molecular flexibility index (Phi) is 21.6. The van der Waals surface area contributed by atoms with Gasteiger partial charge in [0, 0.05) is 45.1 Å². The van der Waals surface area contributed by atoms with Gasteiger partial charge in [0.15, 0.2) is 0 Å². The summed E-state index contributed by atoms with van der Waals surface area (Å²) in [4.78, 5) is 70.6. The minimum absolute atomic E-state index is 0.217. The molecule has 2 aliphatic heterocycles. The number of hydrogen-bond acceptors (Lipinski definition) is 4. The first-order valence-electron chi connectivity index (χ1n) is 46.1. The van der Waals surface area contributed by atoms with Crippen molar-refractivity contribution in [3.8, 4) is 66.8 Å². The molecule has 2 spiro atoms. The zero-order chi connectivity index (χ0) is 80.2. The van der Waals surface area contributed by atoms with E-state index in [0.29, 0.717) is 33.0 Å². The van der Waals surface area contributed by atoms with E-state index in [1.807, 2.05) is 0 Å². The average Bonchev–Trinajstić information content (AvgIpc) is 1.28. The summed E-state index contributed by atoms with van der Waals surface area (Å²) >= 11 is 0. The molecule has 4 aliphatic carbocycles. The summed E-state index contributed by atoms with van der Waals surface area (Å²) in [6.45, 7) is 9.09. The minimum atomic E-state index is -0.664. The molecule has 0 saturated heterocycles. The summed E-state index contributed by atoms with van der Waals surface area (Å²) < 4.78 is 0. The molecule has 6 aliphatic rings. The fourth-order valence-corrected chi connectivity index (χ4v) is 23.3. The Labute approximate surface area is 699 Å². The fraction of sp³-hybridized carbons (Fsp3) is 0.357. The Bertz CT molecular complexity index is 5540. The number of amides is 4. The normalized spacial score (nSPS) is 14.7. The second-order valence-corrected chi connectivity index (χ2v) is 35.7. The largest absolute Gasteiger partial charge is 0.271 e. The molecule has 13 aromatic carbocycles. The maximum atomic E-state index is 17.0. The van der Waals surface area contributed by atoms with Gasteiger partial charge in [-0.15, -0.1) is 0 Å². The van der Waals surface area contributed by atoms with Crippen LogP contribution in [-0.4, -0.2) is 45.5 Å². The van der Waals surface area contributed by atoms with Crippen molar-refractivity contribution in [2.24, 2.45) is 0 Å². The van der Waals surface area contributed by atoms with E-state index in [4.69, 9.17) is 0 Å². The number of imide groups is 2. The Morgan fingerprint density at radius 2 is 0.449 bits per heavy atom. The molecule has 118 heavy (non-hydrogen) atoms. The zero-order valence-corrected chi connectivity index (χ0v) is 70.1. The molecular weight excluding hydrogens is 1440 g/mol. The Balaban J connectivity index is 0.867. The van der Waals surface area contributed by atoms with E-state index in [1.54, 1.807) is 9.80 Å². The van der Waals surface area contributed by atoms with Crippen LogP contribution >= 0.6 is 0 Å². The number of carbonyl (C=O) groups is 4. The molecule has 0 fully saturated rings. The van der Waals surface area contributed by atoms with Crippen LogP contribution in [0.15, 0.2) is 218 Å². The van der Waals surface area contributed by atoms with E-state index in [9.17, 15) is 0 Å². The highest BCUT2D eigenvalue weighted by Gasteiger charge is 2.54. The van der Waals surface area contributed by atoms with Crippen molar-refractivity contribution < 1.29 is 19.2 Å². The highest BCUT2D eigenvalue weighted by Crippen LogP contribution is 2.66. The zero-order valence-electron chi connectivity index (χ0n) is 70.1. The van der Waals surface area contributed by atoms with Crippen LogP contribution in [0, 0.1) is 0 Å². The van der Waals surface area contributed by atoms with Gasteiger partial charge in [-0.25, -0.2) is 0 Å². The predicted molar refractivity (Wildman–Crippen MR) is 490 cm³/mol. The quantitative estimate of drug-likeness (QED) is 0.0170. The van der Waals surface area contributed by atoms with Gasteiger partial charge in [0.05, 0.1) is 10.8 Å². The van der Waals surface area contributed by atoms with Gasteiger partial charge in [0.2, 0.25) is 0 Å². The smallest absolute Gasteiger partial charge is 0.261 e. The van der Waals surface area contributed by atoms with Crippen molar-refractivity contribution in [1.82, 2.24) is 9.80 Å². The van der Waals surface area contributed by atoms with Gasteiger partial charge < -0.3 is 0 Å². The molecule has 19 rings (SSSR count). The number of hydrogen-bond donors (Lipinski definition) is 0. The van der Waals surface area contributed by atoms with E-state index >= 15 is 19.2 Å². The van der Waals surface area contributed by atoms with E-state index in [2.05, 4.69) is 246 Å². The van der Waals surface area contributed by atoms with Crippen LogP contribution in [-0.2, 0) is 10.8 Å². The van der Waals surface area contributed by atoms with Gasteiger partial charge in [0.25, 0.3) is 23.6 Å². The van der Waals surface area contributed by atoms with Gasteiger partial charge in [-0.3, -0.25) is 29.0 Å². The predicted octanol–water partition coefficient (Wildman–Crippen LogP) is 30.3. The van der Waals surface area contributed by atoms with Crippen LogP contribution in [0.1, 0.15) is 319 Å². The van der Waals surface area contributed by atoms with Crippen LogP contribution < -0.4 is 0 Å². The lowest BCUT2D eigenvalue weighted by Gasteiger charge is -2.36. The molecule has 0 radical (unpaired) electrons. The van der Waals surface area contributed by atoms with E-state index < -0.39 is 10.8 Å².